The first-order valence-corrected chi connectivity index (χ1v) is 6.60. The second-order valence-electron chi connectivity index (χ2n) is 4.80. The fourth-order valence-corrected chi connectivity index (χ4v) is 2.06. The lowest BCUT2D eigenvalue weighted by Crippen LogP contribution is -2.45. The number of ether oxygens (including phenoxy) is 1. The van der Waals surface area contributed by atoms with Gasteiger partial charge < -0.3 is 20.3 Å². The highest BCUT2D eigenvalue weighted by Crippen LogP contribution is 2.04. The quantitative estimate of drug-likeness (QED) is 0.814. The number of nitrogens with one attached hydrogen (secondary N) is 2. The predicted molar refractivity (Wildman–Crippen MR) is 75.2 cm³/mol. The number of carbonyl (C=O) groups excluding carboxylic acids is 1. The van der Waals surface area contributed by atoms with Crippen LogP contribution in [0.3, 0.4) is 0 Å². The van der Waals surface area contributed by atoms with E-state index in [0.717, 1.165) is 25.4 Å². The van der Waals surface area contributed by atoms with E-state index in [0.29, 0.717) is 13.1 Å². The second-order valence-corrected chi connectivity index (χ2v) is 4.80. The van der Waals surface area contributed by atoms with E-state index < -0.39 is 0 Å². The Hall–Kier alpha value is -1.43. The fraction of sp³-hybridized carbons (Fsp3) is 0.500. The van der Waals surface area contributed by atoms with E-state index in [2.05, 4.69) is 22.6 Å². The van der Waals surface area contributed by atoms with Crippen LogP contribution in [0.2, 0.25) is 0 Å². The van der Waals surface area contributed by atoms with Crippen LogP contribution in [0.1, 0.15) is 0 Å². The van der Waals surface area contributed by atoms with Gasteiger partial charge in [0, 0.05) is 25.3 Å². The van der Waals surface area contributed by atoms with Crippen molar-refractivity contribution >= 4 is 11.6 Å². The van der Waals surface area contributed by atoms with Gasteiger partial charge in [-0.2, -0.15) is 0 Å². The summed E-state index contributed by atoms with van der Waals surface area (Å²) in [6.45, 7) is 3.66. The molecule has 2 N–H and O–H groups in total. The molecule has 1 unspecified atom stereocenters. The van der Waals surface area contributed by atoms with E-state index in [1.807, 2.05) is 30.3 Å². The van der Waals surface area contributed by atoms with Crippen molar-refractivity contribution in [1.82, 2.24) is 10.2 Å². The Labute approximate surface area is 113 Å². The lowest BCUT2D eigenvalue weighted by atomic mass is 10.3. The van der Waals surface area contributed by atoms with Crippen molar-refractivity contribution in [2.75, 3.05) is 45.2 Å². The number of hydrogen-bond donors (Lipinski definition) is 2. The van der Waals surface area contributed by atoms with Crippen molar-refractivity contribution in [3.05, 3.63) is 30.3 Å². The minimum absolute atomic E-state index is 0.0321. The van der Waals surface area contributed by atoms with Crippen LogP contribution in [0.4, 0.5) is 5.69 Å². The van der Waals surface area contributed by atoms with Crippen molar-refractivity contribution in [3.8, 4) is 0 Å². The van der Waals surface area contributed by atoms with Crippen LogP contribution < -0.4 is 10.6 Å². The lowest BCUT2D eigenvalue weighted by Gasteiger charge is -2.30. The SMILES string of the molecule is CN1CCOC(CNCC(=O)Nc2ccccc2)C1. The number of anilines is 1. The summed E-state index contributed by atoms with van der Waals surface area (Å²) in [7, 11) is 2.08. The highest BCUT2D eigenvalue weighted by Gasteiger charge is 2.17. The van der Waals surface area contributed by atoms with Gasteiger partial charge in [-0.05, 0) is 19.2 Å². The van der Waals surface area contributed by atoms with Crippen LogP contribution in [0.5, 0.6) is 0 Å². The van der Waals surface area contributed by atoms with E-state index in [-0.39, 0.29) is 12.0 Å². The molecule has 1 saturated heterocycles. The molecule has 1 fully saturated rings. The van der Waals surface area contributed by atoms with Gasteiger partial charge in [0.25, 0.3) is 0 Å². The van der Waals surface area contributed by atoms with Crippen LogP contribution in [0, 0.1) is 0 Å². The largest absolute Gasteiger partial charge is 0.374 e. The molecule has 1 aliphatic rings. The van der Waals surface area contributed by atoms with Gasteiger partial charge in [-0.1, -0.05) is 18.2 Å². The summed E-state index contributed by atoms with van der Waals surface area (Å²) in [6.07, 6.45) is 0.170. The summed E-state index contributed by atoms with van der Waals surface area (Å²) in [5.41, 5.74) is 0.822. The van der Waals surface area contributed by atoms with Crippen molar-refractivity contribution < 1.29 is 9.53 Å². The molecule has 1 aromatic rings. The molecular weight excluding hydrogens is 242 g/mol. The monoisotopic (exact) mass is 263 g/mol. The van der Waals surface area contributed by atoms with Gasteiger partial charge >= 0.3 is 0 Å². The first kappa shape index (κ1) is 14.0. The van der Waals surface area contributed by atoms with Gasteiger partial charge in [0.1, 0.15) is 0 Å². The topological polar surface area (TPSA) is 53.6 Å². The number of para-hydroxylation sites is 1. The van der Waals surface area contributed by atoms with E-state index in [1.165, 1.54) is 0 Å². The van der Waals surface area contributed by atoms with E-state index in [9.17, 15) is 4.79 Å². The Balaban J connectivity index is 1.64. The highest BCUT2D eigenvalue weighted by molar-refractivity contribution is 5.92. The minimum Gasteiger partial charge on any atom is -0.374 e. The second kappa shape index (κ2) is 7.23. The molecule has 0 bridgehead atoms. The summed E-state index contributed by atoms with van der Waals surface area (Å²) in [4.78, 5) is 13.9. The van der Waals surface area contributed by atoms with Crippen molar-refractivity contribution in [2.24, 2.45) is 0 Å². The molecule has 0 saturated carbocycles. The summed E-state index contributed by atoms with van der Waals surface area (Å²) in [6, 6.07) is 9.46. The molecule has 0 aliphatic carbocycles. The Morgan fingerprint density at radius 2 is 2.21 bits per heavy atom. The normalized spacial score (nSPS) is 20.2. The van der Waals surface area contributed by atoms with Crippen LogP contribution in [0.15, 0.2) is 30.3 Å². The molecule has 0 radical (unpaired) electrons. The maximum absolute atomic E-state index is 11.7. The summed E-state index contributed by atoms with van der Waals surface area (Å²) < 4.78 is 5.61. The number of likely N-dealkylation sites (N-methyl/N-ethyl adjacent to an activating group) is 1. The van der Waals surface area contributed by atoms with Crippen LogP contribution >= 0.6 is 0 Å². The number of morpholine rings is 1. The average Bonchev–Trinajstić information content (AvgIpc) is 2.40. The molecular formula is C14H21N3O2. The third-order valence-corrected chi connectivity index (χ3v) is 3.06. The first-order valence-electron chi connectivity index (χ1n) is 6.60. The average molecular weight is 263 g/mol. The maximum Gasteiger partial charge on any atom is 0.238 e. The molecule has 5 heteroatoms. The maximum atomic E-state index is 11.7. The van der Waals surface area contributed by atoms with E-state index >= 15 is 0 Å². The van der Waals surface area contributed by atoms with Crippen molar-refractivity contribution in [2.45, 2.75) is 6.10 Å². The highest BCUT2D eigenvalue weighted by atomic mass is 16.5. The van der Waals surface area contributed by atoms with Crippen molar-refractivity contribution in [3.63, 3.8) is 0 Å². The molecule has 0 spiro atoms. The third-order valence-electron chi connectivity index (χ3n) is 3.06. The van der Waals surface area contributed by atoms with Gasteiger partial charge in [0.15, 0.2) is 0 Å². The van der Waals surface area contributed by atoms with E-state index in [1.54, 1.807) is 0 Å². The van der Waals surface area contributed by atoms with E-state index in [4.69, 9.17) is 4.74 Å². The number of nitrogens with zero attached hydrogens (tertiary/aromatic N) is 1. The zero-order valence-electron chi connectivity index (χ0n) is 11.3. The standard InChI is InChI=1S/C14H21N3O2/c1-17-7-8-19-13(11-17)9-15-10-14(18)16-12-5-3-2-4-6-12/h2-6,13,15H,7-11H2,1H3,(H,16,18). The number of carbonyl (C=O) groups is 1. The Bertz CT molecular complexity index is 397. The molecule has 0 aromatic heterocycles. The van der Waals surface area contributed by atoms with Gasteiger partial charge in [-0.3, -0.25) is 4.79 Å². The van der Waals surface area contributed by atoms with Gasteiger partial charge in [-0.25, -0.2) is 0 Å². The van der Waals surface area contributed by atoms with Crippen LogP contribution in [-0.2, 0) is 9.53 Å². The van der Waals surface area contributed by atoms with Crippen LogP contribution in [0.25, 0.3) is 0 Å². The number of hydrogen-bond acceptors (Lipinski definition) is 4. The summed E-state index contributed by atoms with van der Waals surface area (Å²) in [5.74, 6) is -0.0321. The molecule has 1 atom stereocenters. The Morgan fingerprint density at radius 3 is 2.95 bits per heavy atom. The minimum atomic E-state index is -0.0321. The van der Waals surface area contributed by atoms with Crippen molar-refractivity contribution in [1.29, 1.82) is 0 Å². The third kappa shape index (κ3) is 4.98. The van der Waals surface area contributed by atoms with Gasteiger partial charge in [-0.15, -0.1) is 0 Å². The van der Waals surface area contributed by atoms with Gasteiger partial charge in [0.2, 0.25) is 5.91 Å². The number of amides is 1. The smallest absolute Gasteiger partial charge is 0.238 e. The predicted octanol–water partition coefficient (Wildman–Crippen LogP) is 0.545. The Morgan fingerprint density at radius 1 is 1.42 bits per heavy atom. The summed E-state index contributed by atoms with van der Waals surface area (Å²) >= 11 is 0. The molecule has 104 valence electrons. The molecule has 2 rings (SSSR count). The van der Waals surface area contributed by atoms with Gasteiger partial charge in [0.05, 0.1) is 19.3 Å². The Kier molecular flexibility index (Phi) is 5.32. The zero-order chi connectivity index (χ0) is 13.5. The molecule has 1 aromatic carbocycles. The molecule has 19 heavy (non-hydrogen) atoms. The lowest BCUT2D eigenvalue weighted by molar-refractivity contribution is -0.115. The molecule has 5 nitrogen and oxygen atoms in total. The molecule has 1 heterocycles. The number of benzene rings is 1. The first-order chi connectivity index (χ1) is 9.24. The fourth-order valence-electron chi connectivity index (χ4n) is 2.06. The summed E-state index contributed by atoms with van der Waals surface area (Å²) in [5, 5.41) is 5.97. The zero-order valence-corrected chi connectivity index (χ0v) is 11.3. The molecule has 1 aliphatic heterocycles. The number of rotatable bonds is 5. The molecule has 1 amide bonds. The van der Waals surface area contributed by atoms with Crippen LogP contribution in [-0.4, -0.2) is 56.7 Å².